The van der Waals surface area contributed by atoms with Crippen molar-refractivity contribution in [3.8, 4) is 0 Å². The molecule has 2 saturated heterocycles. The Morgan fingerprint density at radius 2 is 1.18 bits per heavy atom. The van der Waals surface area contributed by atoms with Crippen LogP contribution < -0.4 is 9.80 Å². The summed E-state index contributed by atoms with van der Waals surface area (Å²) in [6.07, 6.45) is 0. The normalized spacial score (nSPS) is 31.3. The number of benzene rings is 2. The van der Waals surface area contributed by atoms with Crippen LogP contribution in [0.2, 0.25) is 0 Å². The zero-order valence-corrected chi connectivity index (χ0v) is 24.5. The Bertz CT molecular complexity index is 1410. The van der Waals surface area contributed by atoms with Crippen LogP contribution in [0.3, 0.4) is 0 Å². The smallest absolute Gasteiger partial charge is 0.334 e. The number of esters is 1. The van der Waals surface area contributed by atoms with Crippen LogP contribution >= 0.6 is 31.9 Å². The summed E-state index contributed by atoms with van der Waals surface area (Å²) >= 11 is 6.75. The van der Waals surface area contributed by atoms with Crippen molar-refractivity contribution in [3.05, 3.63) is 68.6 Å². The number of allylic oxidation sites excluding steroid dienone is 1. The third-order valence-electron chi connectivity index (χ3n) is 8.85. The molecule has 2 unspecified atom stereocenters. The predicted molar refractivity (Wildman–Crippen MR) is 148 cm³/mol. The largest absolute Gasteiger partial charge is 0.463 e. The molecule has 3 aliphatic carbocycles. The minimum Gasteiger partial charge on any atom is -0.463 e. The molecule has 10 heteroatoms. The van der Waals surface area contributed by atoms with E-state index in [9.17, 15) is 24.0 Å². The number of amides is 4. The van der Waals surface area contributed by atoms with E-state index in [-0.39, 0.29) is 12.2 Å². The summed E-state index contributed by atoms with van der Waals surface area (Å²) in [7, 11) is 0. The Balaban J connectivity index is 1.54. The van der Waals surface area contributed by atoms with Gasteiger partial charge in [0.25, 0.3) is 0 Å². The molecule has 7 rings (SSSR count). The molecule has 2 aliphatic heterocycles. The second kappa shape index (κ2) is 8.96. The Morgan fingerprint density at radius 3 is 1.56 bits per heavy atom. The first-order chi connectivity index (χ1) is 18.5. The van der Waals surface area contributed by atoms with Crippen LogP contribution in [0.25, 0.3) is 0 Å². The molecule has 8 nitrogen and oxygen atoms in total. The van der Waals surface area contributed by atoms with Gasteiger partial charge in [-0.3, -0.25) is 29.0 Å². The number of hydrogen-bond donors (Lipinski definition) is 0. The van der Waals surface area contributed by atoms with Gasteiger partial charge in [-0.2, -0.15) is 0 Å². The third kappa shape index (κ3) is 3.37. The minimum absolute atomic E-state index is 0.105. The quantitative estimate of drug-likeness (QED) is 0.351. The van der Waals surface area contributed by atoms with Crippen molar-refractivity contribution >= 4 is 72.8 Å². The number of halogens is 2. The number of rotatable bonds is 4. The molecule has 2 bridgehead atoms. The molecule has 5 aliphatic rings. The van der Waals surface area contributed by atoms with E-state index in [1.54, 1.807) is 69.3 Å². The van der Waals surface area contributed by atoms with Crippen molar-refractivity contribution in [3.63, 3.8) is 0 Å². The summed E-state index contributed by atoms with van der Waals surface area (Å²) in [6, 6.07) is 13.6. The van der Waals surface area contributed by atoms with Gasteiger partial charge in [-0.05, 0) is 62.4 Å². The number of nitrogens with zero attached hydrogens (tertiary/aromatic N) is 2. The lowest BCUT2D eigenvalue weighted by Gasteiger charge is -2.55. The lowest BCUT2D eigenvalue weighted by Crippen LogP contribution is -2.61. The van der Waals surface area contributed by atoms with Crippen molar-refractivity contribution in [2.75, 3.05) is 16.4 Å². The molecule has 0 spiro atoms. The summed E-state index contributed by atoms with van der Waals surface area (Å²) in [6.45, 7) is 5.19. The van der Waals surface area contributed by atoms with Crippen LogP contribution in [0, 0.1) is 35.0 Å². The highest BCUT2D eigenvalue weighted by Gasteiger charge is 2.77. The van der Waals surface area contributed by atoms with Gasteiger partial charge in [0, 0.05) is 25.9 Å². The average Bonchev–Trinajstić information content (AvgIpc) is 3.32. The predicted octanol–water partition coefficient (Wildman–Crippen LogP) is 4.65. The summed E-state index contributed by atoms with van der Waals surface area (Å²) in [4.78, 5) is 72.0. The SMILES string of the molecule is CCOC(=O)C1=C(C)C2[C@H]3C(=O)N(c4ccc(Br)cc4)C(=O)[C@@H]3C1(C)[C@@H]1C(=O)N(c3ccc(Br)cc3)C(=O)[C@@H]21. The molecule has 6 atom stereocenters. The fraction of sp³-hybridized carbons (Fsp3) is 0.345. The van der Waals surface area contributed by atoms with Gasteiger partial charge in [0.05, 0.1) is 41.7 Å². The van der Waals surface area contributed by atoms with E-state index < -0.39 is 64.6 Å². The van der Waals surface area contributed by atoms with Crippen LogP contribution in [0.5, 0.6) is 0 Å². The topological polar surface area (TPSA) is 101 Å². The molecule has 3 fully saturated rings. The molecule has 2 aromatic carbocycles. The van der Waals surface area contributed by atoms with Gasteiger partial charge in [-0.1, -0.05) is 44.4 Å². The van der Waals surface area contributed by atoms with Crippen molar-refractivity contribution in [2.45, 2.75) is 20.8 Å². The van der Waals surface area contributed by atoms with E-state index in [1.807, 2.05) is 0 Å². The summed E-state index contributed by atoms with van der Waals surface area (Å²) < 4.78 is 6.99. The molecule has 200 valence electrons. The number of ether oxygens (including phenoxy) is 1. The summed E-state index contributed by atoms with van der Waals surface area (Å²) in [5, 5.41) is 0. The van der Waals surface area contributed by atoms with Gasteiger partial charge in [-0.25, -0.2) is 4.79 Å². The number of imide groups is 2. The lowest BCUT2D eigenvalue weighted by atomic mass is 9.43. The lowest BCUT2D eigenvalue weighted by molar-refractivity contribution is -0.155. The molecule has 0 aromatic heterocycles. The van der Waals surface area contributed by atoms with Crippen molar-refractivity contribution in [2.24, 2.45) is 35.0 Å². The maximum Gasteiger partial charge on any atom is 0.334 e. The number of hydrogen-bond acceptors (Lipinski definition) is 6. The molecular weight excluding hydrogens is 632 g/mol. The van der Waals surface area contributed by atoms with Gasteiger partial charge in [0.15, 0.2) is 0 Å². The van der Waals surface area contributed by atoms with Crippen molar-refractivity contribution < 1.29 is 28.7 Å². The van der Waals surface area contributed by atoms with Crippen LogP contribution in [0.4, 0.5) is 11.4 Å². The summed E-state index contributed by atoms with van der Waals surface area (Å²) in [5.41, 5.74) is 0.153. The molecule has 0 radical (unpaired) electrons. The molecule has 1 saturated carbocycles. The first kappa shape index (κ1) is 26.1. The van der Waals surface area contributed by atoms with Gasteiger partial charge in [-0.15, -0.1) is 0 Å². The fourth-order valence-corrected chi connectivity index (χ4v) is 8.03. The van der Waals surface area contributed by atoms with Gasteiger partial charge in [0.2, 0.25) is 23.6 Å². The molecule has 4 amide bonds. The minimum atomic E-state index is -1.42. The highest BCUT2D eigenvalue weighted by molar-refractivity contribution is 9.10. The van der Waals surface area contributed by atoms with Crippen molar-refractivity contribution in [1.29, 1.82) is 0 Å². The monoisotopic (exact) mass is 654 g/mol. The van der Waals surface area contributed by atoms with Crippen LogP contribution in [-0.2, 0) is 28.7 Å². The molecular formula is C29H24Br2N2O6. The van der Waals surface area contributed by atoms with Gasteiger partial charge >= 0.3 is 5.97 Å². The van der Waals surface area contributed by atoms with E-state index >= 15 is 0 Å². The van der Waals surface area contributed by atoms with E-state index in [2.05, 4.69) is 31.9 Å². The Morgan fingerprint density at radius 1 is 0.769 bits per heavy atom. The van der Waals surface area contributed by atoms with E-state index in [0.717, 1.165) is 18.7 Å². The van der Waals surface area contributed by atoms with Gasteiger partial charge in [0.1, 0.15) is 0 Å². The average molecular weight is 656 g/mol. The zero-order chi connectivity index (χ0) is 28.0. The highest BCUT2D eigenvalue weighted by atomic mass is 79.9. The second-order valence-electron chi connectivity index (χ2n) is 10.6. The highest BCUT2D eigenvalue weighted by Crippen LogP contribution is 2.68. The Kier molecular flexibility index (Phi) is 6.00. The first-order valence-electron chi connectivity index (χ1n) is 12.7. The van der Waals surface area contributed by atoms with Crippen molar-refractivity contribution in [1.82, 2.24) is 0 Å². The Labute approximate surface area is 241 Å². The van der Waals surface area contributed by atoms with Gasteiger partial charge < -0.3 is 4.74 Å². The summed E-state index contributed by atoms with van der Waals surface area (Å²) in [5.74, 6) is -6.98. The van der Waals surface area contributed by atoms with Crippen LogP contribution in [-0.4, -0.2) is 36.2 Å². The molecule has 0 N–H and O–H groups in total. The number of carbonyl (C=O) groups excluding carboxylic acids is 5. The first-order valence-corrected chi connectivity index (χ1v) is 14.3. The van der Waals surface area contributed by atoms with E-state index in [0.29, 0.717) is 16.9 Å². The zero-order valence-electron chi connectivity index (χ0n) is 21.3. The number of carbonyl (C=O) groups is 5. The fourth-order valence-electron chi connectivity index (χ4n) is 7.50. The third-order valence-corrected chi connectivity index (χ3v) is 9.91. The Hall–Kier alpha value is -3.11. The van der Waals surface area contributed by atoms with Crippen LogP contribution in [0.1, 0.15) is 20.8 Å². The maximum absolute atomic E-state index is 14.1. The van der Waals surface area contributed by atoms with E-state index in [1.165, 1.54) is 0 Å². The van der Waals surface area contributed by atoms with E-state index in [4.69, 9.17) is 4.74 Å². The number of anilines is 2. The molecule has 39 heavy (non-hydrogen) atoms. The molecule has 2 heterocycles. The van der Waals surface area contributed by atoms with Crippen LogP contribution in [0.15, 0.2) is 68.6 Å². The standard InChI is InChI=1S/C29H24Br2N2O6/c1-4-39-28(38)21-13(2)18-19-22(26(36)32(24(19)34)16-9-5-14(30)6-10-16)29(21,3)23-20(18)25(35)33(27(23)37)17-11-7-15(31)8-12-17/h5-12,18-20,22-23H,4H2,1-3H3/t18?,19-,20+,22-,23+,29?. The second-order valence-corrected chi connectivity index (χ2v) is 12.4. The maximum atomic E-state index is 14.1. The molecule has 2 aromatic rings.